The third-order valence-electron chi connectivity index (χ3n) is 4.24. The fourth-order valence-electron chi connectivity index (χ4n) is 2.93. The van der Waals surface area contributed by atoms with Crippen molar-refractivity contribution >= 4 is 22.6 Å². The minimum Gasteiger partial charge on any atom is -0.341 e. The number of amides is 2. The summed E-state index contributed by atoms with van der Waals surface area (Å²) in [4.78, 5) is 27.8. The van der Waals surface area contributed by atoms with Crippen molar-refractivity contribution in [1.82, 2.24) is 9.80 Å². The molecule has 1 saturated heterocycles. The third-order valence-corrected chi connectivity index (χ3v) is 4.24. The monoisotopic (exact) mass is 296 g/mol. The number of rotatable bonds is 4. The molecule has 1 aliphatic rings. The van der Waals surface area contributed by atoms with Gasteiger partial charge in [-0.25, -0.2) is 0 Å². The van der Waals surface area contributed by atoms with Gasteiger partial charge >= 0.3 is 0 Å². The van der Waals surface area contributed by atoms with Crippen LogP contribution in [0, 0.1) is 0 Å². The molecule has 1 heterocycles. The largest absolute Gasteiger partial charge is 0.341 e. The number of hydrogen-bond acceptors (Lipinski definition) is 2. The Bertz CT molecular complexity index is 706. The summed E-state index contributed by atoms with van der Waals surface area (Å²) in [5, 5.41) is 2.04. The highest BCUT2D eigenvalue weighted by molar-refractivity contribution is 6.06. The van der Waals surface area contributed by atoms with Crippen LogP contribution in [-0.2, 0) is 4.79 Å². The summed E-state index contributed by atoms with van der Waals surface area (Å²) in [5.74, 6) is 0.203. The van der Waals surface area contributed by atoms with Crippen LogP contribution in [0.1, 0.15) is 23.2 Å². The lowest BCUT2D eigenvalue weighted by Crippen LogP contribution is -2.36. The van der Waals surface area contributed by atoms with E-state index in [0.29, 0.717) is 25.1 Å². The van der Waals surface area contributed by atoms with Crippen LogP contribution in [0.4, 0.5) is 0 Å². The Kier molecular flexibility index (Phi) is 4.09. The van der Waals surface area contributed by atoms with Gasteiger partial charge in [-0.15, -0.1) is 0 Å². The molecule has 0 aliphatic carbocycles. The number of fused-ring (bicyclic) bond motifs is 1. The third kappa shape index (κ3) is 2.82. The lowest BCUT2D eigenvalue weighted by molar-refractivity contribution is -0.127. The number of carbonyl (C=O) groups is 2. The number of hydrogen-bond donors (Lipinski definition) is 0. The van der Waals surface area contributed by atoms with E-state index in [1.165, 1.54) is 0 Å². The van der Waals surface area contributed by atoms with E-state index < -0.39 is 0 Å². The SMILES string of the molecule is CN(CCN1CCCC1=O)C(=O)c1cccc2ccccc12. The predicted octanol–water partition coefficient (Wildman–Crippen LogP) is 2.53. The van der Waals surface area contributed by atoms with E-state index >= 15 is 0 Å². The average molecular weight is 296 g/mol. The molecule has 1 fully saturated rings. The van der Waals surface area contributed by atoms with Gasteiger partial charge < -0.3 is 9.80 Å². The van der Waals surface area contributed by atoms with Crippen LogP contribution in [-0.4, -0.2) is 48.3 Å². The topological polar surface area (TPSA) is 40.6 Å². The van der Waals surface area contributed by atoms with Gasteiger partial charge in [-0.3, -0.25) is 9.59 Å². The van der Waals surface area contributed by atoms with E-state index in [-0.39, 0.29) is 11.8 Å². The first-order valence-electron chi connectivity index (χ1n) is 7.68. The lowest BCUT2D eigenvalue weighted by Gasteiger charge is -2.22. The van der Waals surface area contributed by atoms with Crippen molar-refractivity contribution in [3.63, 3.8) is 0 Å². The Hall–Kier alpha value is -2.36. The molecule has 0 saturated carbocycles. The van der Waals surface area contributed by atoms with Crippen LogP contribution in [0.5, 0.6) is 0 Å². The highest BCUT2D eigenvalue weighted by Gasteiger charge is 2.21. The standard InChI is InChI=1S/C18H20N2O2/c1-19(12-13-20-11-5-10-17(20)21)18(22)16-9-4-7-14-6-2-3-8-15(14)16/h2-4,6-9H,5,10-13H2,1H3. The van der Waals surface area contributed by atoms with Crippen molar-refractivity contribution in [2.24, 2.45) is 0 Å². The number of nitrogens with zero attached hydrogens (tertiary/aromatic N) is 2. The molecule has 114 valence electrons. The number of likely N-dealkylation sites (N-methyl/N-ethyl adjacent to an activating group) is 1. The van der Waals surface area contributed by atoms with Crippen molar-refractivity contribution in [3.8, 4) is 0 Å². The van der Waals surface area contributed by atoms with Crippen LogP contribution in [0.15, 0.2) is 42.5 Å². The van der Waals surface area contributed by atoms with Crippen molar-refractivity contribution in [2.45, 2.75) is 12.8 Å². The number of carbonyl (C=O) groups excluding carboxylic acids is 2. The van der Waals surface area contributed by atoms with E-state index in [4.69, 9.17) is 0 Å². The van der Waals surface area contributed by atoms with Gasteiger partial charge in [0.15, 0.2) is 0 Å². The van der Waals surface area contributed by atoms with E-state index in [2.05, 4.69) is 0 Å². The summed E-state index contributed by atoms with van der Waals surface area (Å²) in [7, 11) is 1.80. The fourth-order valence-corrected chi connectivity index (χ4v) is 2.93. The Morgan fingerprint density at radius 1 is 1.18 bits per heavy atom. The maximum absolute atomic E-state index is 12.7. The summed E-state index contributed by atoms with van der Waals surface area (Å²) in [5.41, 5.74) is 0.716. The Morgan fingerprint density at radius 3 is 2.73 bits per heavy atom. The van der Waals surface area contributed by atoms with E-state index in [0.717, 1.165) is 23.7 Å². The Labute approximate surface area is 130 Å². The van der Waals surface area contributed by atoms with Crippen molar-refractivity contribution in [3.05, 3.63) is 48.0 Å². The van der Waals surface area contributed by atoms with E-state index in [1.807, 2.05) is 47.4 Å². The molecular formula is C18H20N2O2. The van der Waals surface area contributed by atoms with Gasteiger partial charge in [0.2, 0.25) is 5.91 Å². The van der Waals surface area contributed by atoms with Crippen LogP contribution in [0.3, 0.4) is 0 Å². The summed E-state index contributed by atoms with van der Waals surface area (Å²) in [6.07, 6.45) is 1.57. The molecule has 0 bridgehead atoms. The van der Waals surface area contributed by atoms with Crippen LogP contribution >= 0.6 is 0 Å². The van der Waals surface area contributed by atoms with Crippen molar-refractivity contribution < 1.29 is 9.59 Å². The van der Waals surface area contributed by atoms with Crippen LogP contribution in [0.25, 0.3) is 10.8 Å². The molecule has 0 atom stereocenters. The number of benzene rings is 2. The quantitative estimate of drug-likeness (QED) is 0.870. The predicted molar refractivity (Wildman–Crippen MR) is 86.7 cm³/mol. The molecule has 0 spiro atoms. The Balaban J connectivity index is 1.73. The summed E-state index contributed by atoms with van der Waals surface area (Å²) < 4.78 is 0. The van der Waals surface area contributed by atoms with Gasteiger partial charge in [-0.2, -0.15) is 0 Å². The van der Waals surface area contributed by atoms with E-state index in [1.54, 1.807) is 11.9 Å². The first-order chi connectivity index (χ1) is 10.7. The molecule has 0 aromatic heterocycles. The zero-order valence-corrected chi connectivity index (χ0v) is 12.8. The highest BCUT2D eigenvalue weighted by atomic mass is 16.2. The molecule has 1 aliphatic heterocycles. The molecular weight excluding hydrogens is 276 g/mol. The smallest absolute Gasteiger partial charge is 0.254 e. The second-order valence-corrected chi connectivity index (χ2v) is 5.74. The normalized spacial score (nSPS) is 14.6. The van der Waals surface area contributed by atoms with Gasteiger partial charge in [0.05, 0.1) is 0 Å². The molecule has 0 N–H and O–H groups in total. The molecule has 22 heavy (non-hydrogen) atoms. The van der Waals surface area contributed by atoms with Gasteiger partial charge in [-0.1, -0.05) is 36.4 Å². The fraction of sp³-hybridized carbons (Fsp3) is 0.333. The molecule has 4 nitrogen and oxygen atoms in total. The molecule has 3 rings (SSSR count). The molecule has 2 aromatic carbocycles. The Morgan fingerprint density at radius 2 is 1.95 bits per heavy atom. The van der Waals surface area contributed by atoms with E-state index in [9.17, 15) is 9.59 Å². The van der Waals surface area contributed by atoms with Crippen LogP contribution in [0.2, 0.25) is 0 Å². The zero-order valence-electron chi connectivity index (χ0n) is 12.8. The first-order valence-corrected chi connectivity index (χ1v) is 7.68. The second-order valence-electron chi connectivity index (χ2n) is 5.74. The molecule has 4 heteroatoms. The van der Waals surface area contributed by atoms with Crippen molar-refractivity contribution in [1.29, 1.82) is 0 Å². The second kappa shape index (κ2) is 6.18. The van der Waals surface area contributed by atoms with Gasteiger partial charge in [0.25, 0.3) is 5.91 Å². The van der Waals surface area contributed by atoms with Gasteiger partial charge in [0.1, 0.15) is 0 Å². The van der Waals surface area contributed by atoms with Crippen LogP contribution < -0.4 is 0 Å². The maximum atomic E-state index is 12.7. The number of likely N-dealkylation sites (tertiary alicyclic amines) is 1. The van der Waals surface area contributed by atoms with Gasteiger partial charge in [-0.05, 0) is 23.3 Å². The summed E-state index contributed by atoms with van der Waals surface area (Å²) >= 11 is 0. The molecule has 0 unspecified atom stereocenters. The average Bonchev–Trinajstić information content (AvgIpc) is 2.96. The first kappa shape index (κ1) is 14.6. The zero-order chi connectivity index (χ0) is 15.5. The summed E-state index contributed by atoms with van der Waals surface area (Å²) in [6, 6.07) is 13.7. The minimum absolute atomic E-state index is 0.00319. The molecule has 2 amide bonds. The highest BCUT2D eigenvalue weighted by Crippen LogP contribution is 2.19. The summed E-state index contributed by atoms with van der Waals surface area (Å²) in [6.45, 7) is 1.99. The van der Waals surface area contributed by atoms with Crippen molar-refractivity contribution in [2.75, 3.05) is 26.7 Å². The molecule has 0 radical (unpaired) electrons. The lowest BCUT2D eigenvalue weighted by atomic mass is 10.0. The van der Waals surface area contributed by atoms with Gasteiger partial charge in [0, 0.05) is 38.7 Å². The minimum atomic E-state index is 0.00319. The maximum Gasteiger partial charge on any atom is 0.254 e. The molecule has 2 aromatic rings.